The third-order valence-corrected chi connectivity index (χ3v) is 11.5. The monoisotopic (exact) mass is 682 g/mol. The zero-order valence-electron chi connectivity index (χ0n) is 27.4. The number of amides is 1. The van der Waals surface area contributed by atoms with Crippen LogP contribution in [0.25, 0.3) is 4.85 Å². The molecule has 9 nitrogen and oxygen atoms in total. The summed E-state index contributed by atoms with van der Waals surface area (Å²) in [6.45, 7) is 12.7. The fourth-order valence-corrected chi connectivity index (χ4v) is 8.61. The highest BCUT2D eigenvalue weighted by molar-refractivity contribution is 7.89. The van der Waals surface area contributed by atoms with Crippen LogP contribution in [0.5, 0.6) is 5.75 Å². The molecule has 0 unspecified atom stereocenters. The molecule has 1 amide bonds. The van der Waals surface area contributed by atoms with E-state index in [2.05, 4.69) is 21.4 Å². The molecule has 2 atom stereocenters. The summed E-state index contributed by atoms with van der Waals surface area (Å²) in [7, 11) is -3.77. The number of nitrogens with zero attached hydrogens (tertiary/aromatic N) is 3. The maximum Gasteiger partial charge on any atom is 0.240 e. The van der Waals surface area contributed by atoms with Crippen LogP contribution < -0.4 is 9.46 Å². The molecule has 1 aliphatic carbocycles. The Kier molecular flexibility index (Phi) is 12.3. The lowest BCUT2D eigenvalue weighted by Gasteiger charge is -2.36. The fraction of sp³-hybridized carbons (Fsp3) is 0.583. The Morgan fingerprint density at radius 1 is 0.979 bits per heavy atom. The normalized spacial score (nSPS) is 20.5. The predicted molar refractivity (Wildman–Crippen MR) is 183 cm³/mol. The Morgan fingerprint density at radius 3 is 2.34 bits per heavy atom. The Bertz CT molecular complexity index is 1540. The second-order valence-corrected chi connectivity index (χ2v) is 15.3. The lowest BCUT2D eigenvalue weighted by atomic mass is 10.0. The smallest absolute Gasteiger partial charge is 0.240 e. The minimum Gasteiger partial charge on any atom is -0.484 e. The minimum absolute atomic E-state index is 0.0721. The number of benzene rings is 2. The van der Waals surface area contributed by atoms with E-state index in [0.29, 0.717) is 68.1 Å². The lowest BCUT2D eigenvalue weighted by molar-refractivity contribution is -0.132. The highest BCUT2D eigenvalue weighted by Crippen LogP contribution is 2.44. The van der Waals surface area contributed by atoms with Gasteiger partial charge in [0.15, 0.2) is 5.69 Å². The van der Waals surface area contributed by atoms with Crippen molar-refractivity contribution in [1.29, 1.82) is 0 Å². The van der Waals surface area contributed by atoms with E-state index in [1.165, 1.54) is 6.42 Å². The molecule has 2 aromatic carbocycles. The molecular formula is C36H47ClN4O5S. The molecule has 5 rings (SSSR count). The number of sulfonamides is 1. The third kappa shape index (κ3) is 9.14. The highest BCUT2D eigenvalue weighted by atomic mass is 35.5. The summed E-state index contributed by atoms with van der Waals surface area (Å²) in [5.41, 5.74) is 2.48. The second kappa shape index (κ2) is 16.4. The van der Waals surface area contributed by atoms with E-state index in [4.69, 9.17) is 22.9 Å². The van der Waals surface area contributed by atoms with Crippen LogP contribution in [0.15, 0.2) is 41.3 Å². The average Bonchev–Trinajstić information content (AvgIpc) is 3.43. The summed E-state index contributed by atoms with van der Waals surface area (Å²) in [6, 6.07) is 9.97. The number of likely N-dealkylation sites (tertiary alicyclic amines) is 2. The summed E-state index contributed by atoms with van der Waals surface area (Å²) in [4.78, 5) is 32.7. The number of Topliss-reactive ketones (excluding diaryl/α,β-unsaturated/α-hetero) is 1. The molecule has 0 bridgehead atoms. The van der Waals surface area contributed by atoms with E-state index >= 15 is 0 Å². The molecule has 2 aliphatic heterocycles. The SMILES string of the molecule is [C-]#[N+]c1cc(Cl)cc2c1C[C@H](N1CCCCC1)[C@H]2Oc1ccc(S(=O)(=O)NC2CCN(C(=O)CCCCC(=O)CCCC)CC2)cc1. The largest absolute Gasteiger partial charge is 0.484 e. The molecule has 3 aliphatic rings. The number of hydrogen-bond acceptors (Lipinski definition) is 6. The van der Waals surface area contributed by atoms with Crippen molar-refractivity contribution in [2.45, 2.75) is 113 Å². The van der Waals surface area contributed by atoms with Crippen LogP contribution in [0.3, 0.4) is 0 Å². The van der Waals surface area contributed by atoms with Gasteiger partial charge in [0.25, 0.3) is 0 Å². The zero-order valence-corrected chi connectivity index (χ0v) is 29.0. The molecule has 2 saturated heterocycles. The van der Waals surface area contributed by atoms with Crippen molar-refractivity contribution in [3.8, 4) is 5.75 Å². The van der Waals surface area contributed by atoms with Gasteiger partial charge in [-0.25, -0.2) is 18.0 Å². The van der Waals surface area contributed by atoms with Crippen LogP contribution in [0.1, 0.15) is 101 Å². The van der Waals surface area contributed by atoms with Crippen LogP contribution in [0.4, 0.5) is 5.69 Å². The molecule has 0 spiro atoms. The number of halogens is 1. The van der Waals surface area contributed by atoms with Crippen molar-refractivity contribution in [3.63, 3.8) is 0 Å². The predicted octanol–water partition coefficient (Wildman–Crippen LogP) is 7.01. The standard InChI is InChI=1S/C36H47ClN4O5S/c1-3-4-10-28(42)11-6-7-12-35(43)41-21-17-27(18-22-41)39-47(44,45)30-15-13-29(14-16-30)46-36-32-23-26(37)24-33(38-2)31(32)25-34(36)40-19-8-5-9-20-40/h13-16,23-24,27,34,36,39H,3-12,17-22,25H2,1H3/t34-,36-/m0/s1. The van der Waals surface area contributed by atoms with Gasteiger partial charge in [-0.15, -0.1) is 0 Å². The van der Waals surface area contributed by atoms with Gasteiger partial charge in [0.1, 0.15) is 17.6 Å². The van der Waals surface area contributed by atoms with Gasteiger partial charge >= 0.3 is 0 Å². The molecule has 2 aromatic rings. The topological polar surface area (TPSA) is 100 Å². The van der Waals surface area contributed by atoms with Gasteiger partial charge in [-0.2, -0.15) is 0 Å². The lowest BCUT2D eigenvalue weighted by Crippen LogP contribution is -2.46. The number of nitrogens with one attached hydrogen (secondary N) is 1. The summed E-state index contributed by atoms with van der Waals surface area (Å²) in [5.74, 6) is 0.908. The van der Waals surface area contributed by atoms with Crippen LogP contribution in [-0.4, -0.2) is 68.2 Å². The number of rotatable bonds is 14. The van der Waals surface area contributed by atoms with Crippen LogP contribution in [0, 0.1) is 6.57 Å². The number of ketones is 1. The number of unbranched alkanes of at least 4 members (excludes halogenated alkanes) is 2. The Labute approximate surface area is 284 Å². The zero-order chi connectivity index (χ0) is 33.4. The Balaban J connectivity index is 1.15. The Hall–Kier alpha value is -2.97. The molecular weight excluding hydrogens is 636 g/mol. The number of hydrogen-bond donors (Lipinski definition) is 1. The number of carbonyl (C=O) groups excluding carboxylic acids is 2. The molecule has 254 valence electrons. The first-order valence-electron chi connectivity index (χ1n) is 17.2. The molecule has 11 heteroatoms. The molecule has 0 aromatic heterocycles. The van der Waals surface area contributed by atoms with Crippen molar-refractivity contribution in [1.82, 2.24) is 14.5 Å². The van der Waals surface area contributed by atoms with E-state index in [-0.39, 0.29) is 34.8 Å². The quantitative estimate of drug-likeness (QED) is 0.170. The van der Waals surface area contributed by atoms with Gasteiger partial charge < -0.3 is 9.64 Å². The molecule has 2 fully saturated rings. The number of fused-ring (bicyclic) bond motifs is 1. The number of carbonyl (C=O) groups is 2. The van der Waals surface area contributed by atoms with Gasteiger partial charge in [0.05, 0.1) is 17.5 Å². The molecule has 0 radical (unpaired) electrons. The van der Waals surface area contributed by atoms with Gasteiger partial charge in [-0.3, -0.25) is 14.5 Å². The van der Waals surface area contributed by atoms with E-state index in [9.17, 15) is 18.0 Å². The summed E-state index contributed by atoms with van der Waals surface area (Å²) >= 11 is 6.42. The molecule has 1 N–H and O–H groups in total. The first-order chi connectivity index (χ1) is 22.7. The molecule has 47 heavy (non-hydrogen) atoms. The van der Waals surface area contributed by atoms with Crippen molar-refractivity contribution < 1.29 is 22.7 Å². The van der Waals surface area contributed by atoms with Crippen LogP contribution >= 0.6 is 11.6 Å². The second-order valence-electron chi connectivity index (χ2n) is 13.1. The first kappa shape index (κ1) is 35.3. The third-order valence-electron chi connectivity index (χ3n) is 9.75. The molecule has 0 saturated carbocycles. The summed E-state index contributed by atoms with van der Waals surface area (Å²) < 4.78 is 36.0. The number of ether oxygens (including phenoxy) is 1. The highest BCUT2D eigenvalue weighted by Gasteiger charge is 2.40. The average molecular weight is 683 g/mol. The van der Waals surface area contributed by atoms with Crippen LogP contribution in [0.2, 0.25) is 5.02 Å². The maximum atomic E-state index is 13.3. The van der Waals surface area contributed by atoms with Gasteiger partial charge in [0, 0.05) is 43.4 Å². The molecule has 2 heterocycles. The van der Waals surface area contributed by atoms with Gasteiger partial charge in [-0.1, -0.05) is 31.4 Å². The van der Waals surface area contributed by atoms with Gasteiger partial charge in [-0.05, 0) is 112 Å². The fourth-order valence-electron chi connectivity index (χ4n) is 7.09. The van der Waals surface area contributed by atoms with E-state index < -0.39 is 10.0 Å². The van der Waals surface area contributed by atoms with E-state index in [0.717, 1.165) is 62.7 Å². The van der Waals surface area contributed by atoms with E-state index in [1.54, 1.807) is 30.3 Å². The summed E-state index contributed by atoms with van der Waals surface area (Å²) in [6.07, 6.45) is 9.94. The van der Waals surface area contributed by atoms with E-state index in [1.807, 2.05) is 11.0 Å². The minimum atomic E-state index is -3.77. The van der Waals surface area contributed by atoms with Crippen molar-refractivity contribution >= 4 is 39.0 Å². The maximum absolute atomic E-state index is 13.3. The Morgan fingerprint density at radius 2 is 1.66 bits per heavy atom. The summed E-state index contributed by atoms with van der Waals surface area (Å²) in [5, 5.41) is 0.510. The van der Waals surface area contributed by atoms with Crippen molar-refractivity contribution in [3.05, 3.63) is 64.0 Å². The van der Waals surface area contributed by atoms with Crippen LogP contribution in [-0.2, 0) is 26.0 Å². The number of piperidine rings is 2. The van der Waals surface area contributed by atoms with Crippen molar-refractivity contribution in [2.24, 2.45) is 0 Å². The van der Waals surface area contributed by atoms with Gasteiger partial charge in [0.2, 0.25) is 15.9 Å². The first-order valence-corrected chi connectivity index (χ1v) is 19.1. The van der Waals surface area contributed by atoms with Crippen molar-refractivity contribution in [2.75, 3.05) is 26.2 Å².